The number of fused-ring (bicyclic) bond motifs is 1. The molecule has 0 saturated carbocycles. The van der Waals surface area contributed by atoms with Crippen molar-refractivity contribution in [1.82, 2.24) is 5.32 Å². The van der Waals surface area contributed by atoms with Gasteiger partial charge in [-0.15, -0.1) is 0 Å². The zero-order valence-corrected chi connectivity index (χ0v) is 12.0. The normalized spacial score (nSPS) is 13.8. The molecule has 0 unspecified atom stereocenters. The third-order valence-corrected chi connectivity index (χ3v) is 4.12. The van der Waals surface area contributed by atoms with Crippen molar-refractivity contribution in [2.75, 3.05) is 11.9 Å². The highest BCUT2D eigenvalue weighted by molar-refractivity contribution is 6.01. The van der Waals surface area contributed by atoms with Crippen molar-refractivity contribution in [1.29, 1.82) is 0 Å². The number of nitrogens with two attached hydrogens (primary N) is 1. The minimum atomic E-state index is -0.357. The highest BCUT2D eigenvalue weighted by Gasteiger charge is 2.27. The Morgan fingerprint density at radius 1 is 1.40 bits per heavy atom. The van der Waals surface area contributed by atoms with Crippen LogP contribution in [0.5, 0.6) is 0 Å². The molecule has 0 aromatic heterocycles. The molecule has 1 aliphatic heterocycles. The average molecular weight is 275 g/mol. The lowest BCUT2D eigenvalue weighted by Crippen LogP contribution is -2.52. The predicted octanol–water partition coefficient (Wildman–Crippen LogP) is 1.43. The van der Waals surface area contributed by atoms with Gasteiger partial charge in [-0.3, -0.25) is 9.59 Å². The molecule has 5 nitrogen and oxygen atoms in total. The molecule has 1 aromatic carbocycles. The highest BCUT2D eigenvalue weighted by Crippen LogP contribution is 2.24. The number of hydrogen-bond donors (Lipinski definition) is 3. The van der Waals surface area contributed by atoms with Gasteiger partial charge in [0.25, 0.3) is 5.91 Å². The summed E-state index contributed by atoms with van der Waals surface area (Å²) in [5, 5.41) is 5.78. The van der Waals surface area contributed by atoms with Gasteiger partial charge < -0.3 is 16.4 Å². The molecule has 5 heteroatoms. The van der Waals surface area contributed by atoms with Crippen LogP contribution < -0.4 is 16.4 Å². The van der Waals surface area contributed by atoms with Gasteiger partial charge in [0.2, 0.25) is 5.91 Å². The molecule has 1 aliphatic rings. The summed E-state index contributed by atoms with van der Waals surface area (Å²) in [5.41, 5.74) is 7.67. The second-order valence-corrected chi connectivity index (χ2v) is 5.24. The van der Waals surface area contributed by atoms with Gasteiger partial charge in [0.05, 0.1) is 12.0 Å². The van der Waals surface area contributed by atoms with Crippen LogP contribution in [0.15, 0.2) is 18.2 Å². The fraction of sp³-hybridized carbons (Fsp3) is 0.467. The molecule has 20 heavy (non-hydrogen) atoms. The van der Waals surface area contributed by atoms with Crippen LogP contribution in [0.4, 0.5) is 5.69 Å². The number of benzene rings is 1. The van der Waals surface area contributed by atoms with Crippen molar-refractivity contribution in [2.45, 2.75) is 38.6 Å². The van der Waals surface area contributed by atoms with E-state index in [-0.39, 0.29) is 17.4 Å². The lowest BCUT2D eigenvalue weighted by atomic mass is 9.92. The third kappa shape index (κ3) is 2.67. The Morgan fingerprint density at radius 3 is 2.70 bits per heavy atom. The quantitative estimate of drug-likeness (QED) is 0.760. The van der Waals surface area contributed by atoms with Crippen molar-refractivity contribution in [2.24, 2.45) is 5.73 Å². The predicted molar refractivity (Wildman–Crippen MR) is 78.6 cm³/mol. The topological polar surface area (TPSA) is 84.2 Å². The number of hydrogen-bond acceptors (Lipinski definition) is 3. The monoisotopic (exact) mass is 275 g/mol. The van der Waals surface area contributed by atoms with Crippen LogP contribution in [-0.2, 0) is 11.2 Å². The van der Waals surface area contributed by atoms with Crippen molar-refractivity contribution in [3.63, 3.8) is 0 Å². The summed E-state index contributed by atoms with van der Waals surface area (Å²) in [7, 11) is 0. The molecule has 1 heterocycles. The van der Waals surface area contributed by atoms with Crippen LogP contribution in [0, 0.1) is 0 Å². The Bertz CT molecular complexity index is 528. The van der Waals surface area contributed by atoms with Gasteiger partial charge in [0.15, 0.2) is 0 Å². The van der Waals surface area contributed by atoms with Gasteiger partial charge >= 0.3 is 0 Å². The zero-order chi connectivity index (χ0) is 14.8. The maximum atomic E-state index is 12.3. The number of rotatable bonds is 5. The second-order valence-electron chi connectivity index (χ2n) is 5.24. The molecule has 4 N–H and O–H groups in total. The van der Waals surface area contributed by atoms with E-state index in [0.29, 0.717) is 18.5 Å². The zero-order valence-electron chi connectivity index (χ0n) is 12.0. The van der Waals surface area contributed by atoms with Gasteiger partial charge in [-0.25, -0.2) is 0 Å². The first-order valence-electron chi connectivity index (χ1n) is 6.99. The maximum absolute atomic E-state index is 12.3. The molecule has 0 radical (unpaired) electrons. The van der Waals surface area contributed by atoms with E-state index in [9.17, 15) is 9.59 Å². The summed E-state index contributed by atoms with van der Waals surface area (Å²) >= 11 is 0. The summed E-state index contributed by atoms with van der Waals surface area (Å²) in [5.74, 6) is -0.169. The molecule has 0 spiro atoms. The highest BCUT2D eigenvalue weighted by atomic mass is 16.2. The summed E-state index contributed by atoms with van der Waals surface area (Å²) in [6.45, 7) is 4.45. The largest absolute Gasteiger partial charge is 0.345 e. The molecule has 0 saturated heterocycles. The fourth-order valence-electron chi connectivity index (χ4n) is 2.45. The second kappa shape index (κ2) is 5.63. The van der Waals surface area contributed by atoms with Crippen LogP contribution in [0.1, 0.15) is 42.6 Å². The Balaban J connectivity index is 2.18. The first kappa shape index (κ1) is 14.5. The Labute approximate surface area is 118 Å². The molecule has 0 fully saturated rings. The van der Waals surface area contributed by atoms with E-state index < -0.39 is 0 Å². The average Bonchev–Trinajstić information content (AvgIpc) is 2.83. The van der Waals surface area contributed by atoms with Crippen LogP contribution >= 0.6 is 0 Å². The van der Waals surface area contributed by atoms with E-state index in [2.05, 4.69) is 10.6 Å². The number of carbonyl (C=O) groups is 2. The lowest BCUT2D eigenvalue weighted by molar-refractivity contribution is -0.115. The number of carbonyl (C=O) groups excluding carboxylic acids is 2. The van der Waals surface area contributed by atoms with Gasteiger partial charge in [0, 0.05) is 17.8 Å². The molecule has 0 bridgehead atoms. The van der Waals surface area contributed by atoms with E-state index in [1.165, 1.54) is 0 Å². The Kier molecular flexibility index (Phi) is 4.09. The van der Waals surface area contributed by atoms with Gasteiger partial charge in [0.1, 0.15) is 0 Å². The third-order valence-electron chi connectivity index (χ3n) is 4.12. The van der Waals surface area contributed by atoms with Crippen LogP contribution in [0.3, 0.4) is 0 Å². The molecule has 108 valence electrons. The first-order chi connectivity index (χ1) is 9.53. The summed E-state index contributed by atoms with van der Waals surface area (Å²) in [6, 6.07) is 5.28. The molecule has 0 atom stereocenters. The molecule has 2 amide bonds. The molecular formula is C15H21N3O2. The van der Waals surface area contributed by atoms with Crippen molar-refractivity contribution in [3.8, 4) is 0 Å². The SMILES string of the molecule is CCC(CC)(CN)NC(=O)c1ccc2c(c1)CC(=O)N2. The van der Waals surface area contributed by atoms with Crippen molar-refractivity contribution < 1.29 is 9.59 Å². The number of anilines is 1. The summed E-state index contributed by atoms with van der Waals surface area (Å²) < 4.78 is 0. The van der Waals surface area contributed by atoms with Crippen molar-refractivity contribution >= 4 is 17.5 Å². The van der Waals surface area contributed by atoms with Crippen LogP contribution in [0.25, 0.3) is 0 Å². The van der Waals surface area contributed by atoms with E-state index in [4.69, 9.17) is 5.73 Å². The maximum Gasteiger partial charge on any atom is 0.251 e. The standard InChI is InChI=1S/C15H21N3O2/c1-3-15(4-2,9-16)18-14(20)10-5-6-12-11(7-10)8-13(19)17-12/h5-7H,3-4,8-9,16H2,1-2H3,(H,17,19)(H,18,20). The van der Waals surface area contributed by atoms with Crippen LogP contribution in [-0.4, -0.2) is 23.9 Å². The molecule has 0 aliphatic carbocycles. The van der Waals surface area contributed by atoms with E-state index in [1.54, 1.807) is 18.2 Å². The minimum absolute atomic E-state index is 0.0315. The minimum Gasteiger partial charge on any atom is -0.345 e. The first-order valence-corrected chi connectivity index (χ1v) is 6.99. The molecule has 2 rings (SSSR count). The fourth-order valence-corrected chi connectivity index (χ4v) is 2.45. The summed E-state index contributed by atoms with van der Waals surface area (Å²) in [4.78, 5) is 23.7. The Morgan fingerprint density at radius 2 is 2.10 bits per heavy atom. The summed E-state index contributed by atoms with van der Waals surface area (Å²) in [6.07, 6.45) is 1.91. The number of amides is 2. The lowest BCUT2D eigenvalue weighted by Gasteiger charge is -2.31. The Hall–Kier alpha value is -1.88. The number of nitrogens with one attached hydrogen (secondary N) is 2. The van der Waals surface area contributed by atoms with Crippen molar-refractivity contribution in [3.05, 3.63) is 29.3 Å². The van der Waals surface area contributed by atoms with E-state index >= 15 is 0 Å². The van der Waals surface area contributed by atoms with E-state index in [1.807, 2.05) is 13.8 Å². The van der Waals surface area contributed by atoms with Crippen LogP contribution in [0.2, 0.25) is 0 Å². The molecular weight excluding hydrogens is 254 g/mol. The smallest absolute Gasteiger partial charge is 0.251 e. The van der Waals surface area contributed by atoms with Gasteiger partial charge in [-0.05, 0) is 36.6 Å². The van der Waals surface area contributed by atoms with E-state index in [0.717, 1.165) is 24.1 Å². The van der Waals surface area contributed by atoms with Gasteiger partial charge in [-0.1, -0.05) is 13.8 Å². The molecule has 1 aromatic rings. The van der Waals surface area contributed by atoms with Gasteiger partial charge in [-0.2, -0.15) is 0 Å².